The van der Waals surface area contributed by atoms with E-state index >= 15 is 0 Å². The van der Waals surface area contributed by atoms with E-state index in [1.54, 1.807) is 14.0 Å². The fourth-order valence-corrected chi connectivity index (χ4v) is 3.28. The second-order valence-corrected chi connectivity index (χ2v) is 6.96. The van der Waals surface area contributed by atoms with Crippen LogP contribution < -0.4 is 9.47 Å². The Balaban J connectivity index is 2.08. The van der Waals surface area contributed by atoms with E-state index in [1.165, 1.54) is 31.1 Å². The van der Waals surface area contributed by atoms with Gasteiger partial charge in [-0.1, -0.05) is 28.4 Å². The number of aromatic nitrogens is 4. The molecule has 3 aromatic rings. The first-order valence-electron chi connectivity index (χ1n) is 8.58. The van der Waals surface area contributed by atoms with E-state index in [9.17, 15) is 13.2 Å². The van der Waals surface area contributed by atoms with Crippen LogP contribution in [-0.4, -0.2) is 39.5 Å². The highest BCUT2D eigenvalue weighted by atomic mass is 35.5. The number of oxime groups is 1. The van der Waals surface area contributed by atoms with Crippen molar-refractivity contribution in [3.63, 3.8) is 0 Å². The average molecular weight is 478 g/mol. The minimum absolute atomic E-state index is 0.0474. The summed E-state index contributed by atoms with van der Waals surface area (Å²) in [6, 6.07) is 2.24. The lowest BCUT2D eigenvalue weighted by Crippen LogP contribution is -2.06. The number of hydrogen-bond acceptors (Lipinski definition) is 6. The van der Waals surface area contributed by atoms with Crippen molar-refractivity contribution < 1.29 is 27.5 Å². The van der Waals surface area contributed by atoms with Gasteiger partial charge in [0.1, 0.15) is 29.4 Å². The first kappa shape index (κ1) is 22.8. The zero-order valence-corrected chi connectivity index (χ0v) is 18.2. The molecule has 0 bridgehead atoms. The second kappa shape index (κ2) is 9.06. The number of halogens is 5. The van der Waals surface area contributed by atoms with E-state index in [-0.39, 0.29) is 32.9 Å². The summed E-state index contributed by atoms with van der Waals surface area (Å²) < 4.78 is 52.6. The number of nitrogens with zero attached hydrogens (tertiary/aromatic N) is 5. The highest BCUT2D eigenvalue weighted by Gasteiger charge is 2.24. The highest BCUT2D eigenvalue weighted by molar-refractivity contribution is 6.34. The van der Waals surface area contributed by atoms with Gasteiger partial charge in [0.05, 0.1) is 22.5 Å². The van der Waals surface area contributed by atoms with Crippen molar-refractivity contribution in [2.45, 2.75) is 13.5 Å². The van der Waals surface area contributed by atoms with Crippen LogP contribution in [0.1, 0.15) is 11.3 Å². The summed E-state index contributed by atoms with van der Waals surface area (Å²) in [5, 5.41) is 11.6. The van der Waals surface area contributed by atoms with Gasteiger partial charge in [0, 0.05) is 19.7 Å². The van der Waals surface area contributed by atoms with Gasteiger partial charge in [0.2, 0.25) is 11.8 Å². The fourth-order valence-electron chi connectivity index (χ4n) is 2.79. The molecule has 166 valence electrons. The Labute approximate surface area is 184 Å². The molecule has 0 fully saturated rings. The quantitative estimate of drug-likeness (QED) is 0.355. The predicted molar refractivity (Wildman–Crippen MR) is 108 cm³/mol. The van der Waals surface area contributed by atoms with E-state index in [0.29, 0.717) is 11.3 Å². The number of ether oxygens (including phenoxy) is 2. The van der Waals surface area contributed by atoms with Gasteiger partial charge in [-0.25, -0.2) is 13.8 Å². The van der Waals surface area contributed by atoms with Crippen molar-refractivity contribution in [3.8, 4) is 28.8 Å². The molecule has 0 N–H and O–H groups in total. The van der Waals surface area contributed by atoms with Crippen molar-refractivity contribution in [2.24, 2.45) is 19.3 Å². The molecule has 0 unspecified atom stereocenters. The monoisotopic (exact) mass is 477 g/mol. The molecule has 0 aliphatic carbocycles. The van der Waals surface area contributed by atoms with Crippen LogP contribution in [0.2, 0.25) is 10.0 Å². The van der Waals surface area contributed by atoms with Crippen LogP contribution in [0.5, 0.6) is 17.5 Å². The van der Waals surface area contributed by atoms with Crippen LogP contribution in [0, 0.1) is 12.7 Å². The zero-order valence-electron chi connectivity index (χ0n) is 16.7. The number of rotatable bonds is 7. The minimum Gasteiger partial charge on any atom is -0.437 e. The Morgan fingerprint density at radius 3 is 2.45 bits per heavy atom. The third-order valence-electron chi connectivity index (χ3n) is 4.12. The zero-order chi connectivity index (χ0) is 22.9. The Hall–Kier alpha value is -2.92. The van der Waals surface area contributed by atoms with Crippen LogP contribution in [0.25, 0.3) is 11.3 Å². The molecule has 2 aromatic heterocycles. The summed E-state index contributed by atoms with van der Waals surface area (Å²) in [5.74, 6) is -0.898. The van der Waals surface area contributed by atoms with E-state index < -0.39 is 18.3 Å². The third-order valence-corrected chi connectivity index (χ3v) is 4.76. The molecule has 0 amide bonds. The van der Waals surface area contributed by atoms with E-state index in [4.69, 9.17) is 32.8 Å². The fraction of sp³-hybridized carbons (Fsp3) is 0.278. The van der Waals surface area contributed by atoms with Gasteiger partial charge in [-0.05, 0) is 19.1 Å². The van der Waals surface area contributed by atoms with Gasteiger partial charge < -0.3 is 14.3 Å². The van der Waals surface area contributed by atoms with Crippen molar-refractivity contribution in [2.75, 3.05) is 7.11 Å². The van der Waals surface area contributed by atoms with Gasteiger partial charge in [-0.3, -0.25) is 0 Å². The number of hydrogen-bond donors (Lipinski definition) is 0. The average Bonchev–Trinajstić information content (AvgIpc) is 3.11. The van der Waals surface area contributed by atoms with Gasteiger partial charge in [0.15, 0.2) is 0 Å². The normalized spacial score (nSPS) is 11.5. The molecule has 8 nitrogen and oxygen atoms in total. The SMILES string of the molecule is CON=Cc1c(C)nn(C)c1Oc1cc(-c2nn(C)c(OC(F)F)c2Cl)c(F)cc1Cl. The Bertz CT molecular complexity index is 1150. The lowest BCUT2D eigenvalue weighted by molar-refractivity contribution is -0.0552. The van der Waals surface area contributed by atoms with Gasteiger partial charge in [0.25, 0.3) is 0 Å². The Kier molecular flexibility index (Phi) is 6.65. The molecule has 1 aromatic carbocycles. The smallest absolute Gasteiger partial charge is 0.388 e. The molecular formula is C18H16Cl2F3N5O3. The Morgan fingerprint density at radius 2 is 1.81 bits per heavy atom. The second-order valence-electron chi connectivity index (χ2n) is 6.18. The maximum absolute atomic E-state index is 14.7. The predicted octanol–water partition coefficient (Wildman–Crippen LogP) is 4.95. The summed E-state index contributed by atoms with van der Waals surface area (Å²) in [7, 11) is 4.35. The lowest BCUT2D eigenvalue weighted by Gasteiger charge is -2.11. The summed E-state index contributed by atoms with van der Waals surface area (Å²) >= 11 is 12.3. The molecule has 0 atom stereocenters. The van der Waals surface area contributed by atoms with Crippen molar-refractivity contribution in [1.29, 1.82) is 0 Å². The molecule has 2 heterocycles. The van der Waals surface area contributed by atoms with E-state index in [0.717, 1.165) is 10.7 Å². The Morgan fingerprint density at radius 1 is 1.13 bits per heavy atom. The third kappa shape index (κ3) is 4.57. The maximum atomic E-state index is 14.7. The number of aryl methyl sites for hydroxylation is 3. The van der Waals surface area contributed by atoms with Crippen molar-refractivity contribution in [1.82, 2.24) is 19.6 Å². The first-order chi connectivity index (χ1) is 14.6. The molecule has 3 rings (SSSR count). The van der Waals surface area contributed by atoms with E-state index in [2.05, 4.69) is 20.1 Å². The molecule has 0 aliphatic heterocycles. The minimum atomic E-state index is -3.13. The van der Waals surface area contributed by atoms with Crippen LogP contribution in [-0.2, 0) is 18.9 Å². The number of alkyl halides is 2. The van der Waals surface area contributed by atoms with Crippen molar-refractivity contribution >= 4 is 29.4 Å². The van der Waals surface area contributed by atoms with Crippen LogP contribution in [0.4, 0.5) is 13.2 Å². The van der Waals surface area contributed by atoms with Gasteiger partial charge in [-0.15, -0.1) is 0 Å². The summed E-state index contributed by atoms with van der Waals surface area (Å²) in [6.45, 7) is -1.39. The van der Waals surface area contributed by atoms with Crippen LogP contribution in [0.15, 0.2) is 17.3 Å². The highest BCUT2D eigenvalue weighted by Crippen LogP contribution is 2.41. The molecule has 13 heteroatoms. The molecule has 0 radical (unpaired) electrons. The largest absolute Gasteiger partial charge is 0.437 e. The molecule has 0 aliphatic rings. The van der Waals surface area contributed by atoms with Crippen LogP contribution in [0.3, 0.4) is 0 Å². The van der Waals surface area contributed by atoms with Crippen LogP contribution >= 0.6 is 23.2 Å². The molecule has 0 saturated heterocycles. The molecule has 0 spiro atoms. The topological polar surface area (TPSA) is 75.7 Å². The molecule has 0 saturated carbocycles. The molecule has 31 heavy (non-hydrogen) atoms. The van der Waals surface area contributed by atoms with Gasteiger partial charge >= 0.3 is 6.61 Å². The van der Waals surface area contributed by atoms with Gasteiger partial charge in [-0.2, -0.15) is 19.0 Å². The number of benzene rings is 1. The summed E-state index contributed by atoms with van der Waals surface area (Å²) in [5.41, 5.74) is 0.851. The first-order valence-corrected chi connectivity index (χ1v) is 9.34. The lowest BCUT2D eigenvalue weighted by atomic mass is 10.1. The standard InChI is InChI=1S/C18H16Cl2F3N5O3/c1-8-10(7-24-29-4)16(27(2)25-8)30-13-5-9(12(21)6-11(13)19)15-14(20)17(28(3)26-15)31-18(22)23/h5-7,18H,1-4H3. The summed E-state index contributed by atoms with van der Waals surface area (Å²) in [6.07, 6.45) is 1.40. The maximum Gasteiger partial charge on any atom is 0.388 e. The summed E-state index contributed by atoms with van der Waals surface area (Å²) in [4.78, 5) is 4.70. The van der Waals surface area contributed by atoms with E-state index in [1.807, 2.05) is 0 Å². The molecular weight excluding hydrogens is 462 g/mol. The van der Waals surface area contributed by atoms with Crippen molar-refractivity contribution in [3.05, 3.63) is 39.3 Å².